The topological polar surface area (TPSA) is 79.4 Å². The van der Waals surface area contributed by atoms with E-state index in [1.54, 1.807) is 6.92 Å². The maximum absolute atomic E-state index is 12.5. The fraction of sp³-hybridized carbons (Fsp3) is 0.560. The Morgan fingerprint density at radius 3 is 2.44 bits per heavy atom. The molecule has 0 spiro atoms. The standard InChI is InChI=1S/C25H35N5O2/c1-17(32-20-9-5-4-6-10-20)24(31)26-18-13-15-19(16-14-18)27-25-28-22-12-8-7-11-21(22)23(29-25)30(2)3/h4-6,9-10,17-19H,7-8,11-16H2,1-3H3,(H,26,31)(H,27,28,29). The number of nitrogens with one attached hydrogen (secondary N) is 2. The van der Waals surface area contributed by atoms with E-state index in [1.807, 2.05) is 30.3 Å². The lowest BCUT2D eigenvalue weighted by Crippen LogP contribution is -2.45. The summed E-state index contributed by atoms with van der Waals surface area (Å²) >= 11 is 0. The summed E-state index contributed by atoms with van der Waals surface area (Å²) in [6, 6.07) is 9.99. The zero-order valence-corrected chi connectivity index (χ0v) is 19.4. The van der Waals surface area contributed by atoms with Gasteiger partial charge in [-0.15, -0.1) is 0 Å². The van der Waals surface area contributed by atoms with Crippen LogP contribution in [0.5, 0.6) is 5.75 Å². The number of carbonyl (C=O) groups excluding carboxylic acids is 1. The molecule has 2 N–H and O–H groups in total. The average Bonchev–Trinajstić information content (AvgIpc) is 2.80. The molecule has 4 rings (SSSR count). The number of hydrogen-bond donors (Lipinski definition) is 2. The summed E-state index contributed by atoms with van der Waals surface area (Å²) in [6.07, 6.45) is 7.85. The first kappa shape index (κ1) is 22.4. The number of rotatable bonds is 7. The summed E-state index contributed by atoms with van der Waals surface area (Å²) in [7, 11) is 4.11. The lowest BCUT2D eigenvalue weighted by molar-refractivity contribution is -0.128. The minimum atomic E-state index is -0.512. The third-order valence-electron chi connectivity index (χ3n) is 6.42. The Labute approximate surface area is 191 Å². The van der Waals surface area contributed by atoms with E-state index in [-0.39, 0.29) is 11.9 Å². The van der Waals surface area contributed by atoms with Gasteiger partial charge in [-0.05, 0) is 70.4 Å². The van der Waals surface area contributed by atoms with Crippen LogP contribution >= 0.6 is 0 Å². The minimum absolute atomic E-state index is 0.0566. The summed E-state index contributed by atoms with van der Waals surface area (Å²) in [4.78, 5) is 24.3. The van der Waals surface area contributed by atoms with Crippen LogP contribution in [0.4, 0.5) is 11.8 Å². The monoisotopic (exact) mass is 437 g/mol. The Morgan fingerprint density at radius 2 is 1.72 bits per heavy atom. The number of nitrogens with zero attached hydrogens (tertiary/aromatic N) is 3. The fourth-order valence-electron chi connectivity index (χ4n) is 4.65. The van der Waals surface area contributed by atoms with Crippen LogP contribution in [0.3, 0.4) is 0 Å². The van der Waals surface area contributed by atoms with Gasteiger partial charge in [0.25, 0.3) is 5.91 Å². The molecule has 32 heavy (non-hydrogen) atoms. The molecule has 1 atom stereocenters. The molecule has 1 heterocycles. The second kappa shape index (κ2) is 10.2. The molecule has 0 aliphatic heterocycles. The first-order valence-electron chi connectivity index (χ1n) is 11.9. The van der Waals surface area contributed by atoms with E-state index < -0.39 is 6.10 Å². The number of fused-ring (bicyclic) bond motifs is 1. The second-order valence-corrected chi connectivity index (χ2v) is 9.17. The van der Waals surface area contributed by atoms with Crippen LogP contribution < -0.4 is 20.3 Å². The summed E-state index contributed by atoms with van der Waals surface area (Å²) in [5, 5.41) is 6.73. The van der Waals surface area contributed by atoms with Gasteiger partial charge in [0, 0.05) is 31.7 Å². The molecule has 2 aliphatic rings. The van der Waals surface area contributed by atoms with Crippen molar-refractivity contribution in [2.75, 3.05) is 24.3 Å². The first-order valence-corrected chi connectivity index (χ1v) is 11.9. The number of carbonyl (C=O) groups is 1. The number of aryl methyl sites for hydroxylation is 1. The van der Waals surface area contributed by atoms with Gasteiger partial charge in [-0.25, -0.2) is 4.98 Å². The van der Waals surface area contributed by atoms with Gasteiger partial charge in [-0.2, -0.15) is 4.98 Å². The molecule has 172 valence electrons. The Bertz CT molecular complexity index is 910. The second-order valence-electron chi connectivity index (χ2n) is 9.17. The highest BCUT2D eigenvalue weighted by Gasteiger charge is 2.26. The van der Waals surface area contributed by atoms with Gasteiger partial charge in [-0.1, -0.05) is 18.2 Å². The molecule has 0 bridgehead atoms. The van der Waals surface area contributed by atoms with E-state index in [1.165, 1.54) is 24.1 Å². The van der Waals surface area contributed by atoms with Crippen molar-refractivity contribution in [1.82, 2.24) is 15.3 Å². The van der Waals surface area contributed by atoms with Gasteiger partial charge in [0.05, 0.1) is 5.69 Å². The van der Waals surface area contributed by atoms with Crippen LogP contribution in [0, 0.1) is 0 Å². The maximum Gasteiger partial charge on any atom is 0.260 e. The third-order valence-corrected chi connectivity index (χ3v) is 6.42. The molecule has 2 aromatic rings. The molecule has 2 aliphatic carbocycles. The van der Waals surface area contributed by atoms with E-state index in [2.05, 4.69) is 29.6 Å². The van der Waals surface area contributed by atoms with Crippen LogP contribution in [0.2, 0.25) is 0 Å². The number of aromatic nitrogens is 2. The number of hydrogen-bond acceptors (Lipinski definition) is 6. The van der Waals surface area contributed by atoms with Crippen LogP contribution in [0.1, 0.15) is 56.7 Å². The summed E-state index contributed by atoms with van der Waals surface area (Å²) < 4.78 is 5.75. The molecule has 7 nitrogen and oxygen atoms in total. The summed E-state index contributed by atoms with van der Waals surface area (Å²) in [5.74, 6) is 2.45. The summed E-state index contributed by atoms with van der Waals surface area (Å²) in [5.41, 5.74) is 2.51. The van der Waals surface area contributed by atoms with Crippen molar-refractivity contribution in [1.29, 1.82) is 0 Å². The number of anilines is 2. The van der Waals surface area contributed by atoms with Gasteiger partial charge in [0.2, 0.25) is 5.95 Å². The van der Waals surface area contributed by atoms with Crippen LogP contribution in [0.15, 0.2) is 30.3 Å². The molecule has 1 aromatic heterocycles. The first-order chi connectivity index (χ1) is 15.5. The van der Waals surface area contributed by atoms with Crippen LogP contribution in [-0.4, -0.2) is 48.2 Å². The average molecular weight is 438 g/mol. The van der Waals surface area contributed by atoms with Gasteiger partial charge >= 0.3 is 0 Å². The molecule has 1 saturated carbocycles. The molecule has 1 fully saturated rings. The SMILES string of the molecule is CC(Oc1ccccc1)C(=O)NC1CCC(Nc2nc3c(c(N(C)C)n2)CCCC3)CC1. The molecule has 1 aromatic carbocycles. The van der Waals surface area contributed by atoms with Gasteiger partial charge in [0.1, 0.15) is 11.6 Å². The van der Waals surface area contributed by atoms with Crippen LogP contribution in [-0.2, 0) is 17.6 Å². The molecule has 0 saturated heterocycles. The van der Waals surface area contributed by atoms with E-state index in [0.29, 0.717) is 11.8 Å². The van der Waals surface area contributed by atoms with Gasteiger partial charge in [0.15, 0.2) is 6.10 Å². The van der Waals surface area contributed by atoms with Crippen molar-refractivity contribution in [3.8, 4) is 5.75 Å². The molecule has 0 radical (unpaired) electrons. The lowest BCUT2D eigenvalue weighted by atomic mass is 9.91. The Morgan fingerprint density at radius 1 is 1.03 bits per heavy atom. The molecular formula is C25H35N5O2. The predicted octanol–water partition coefficient (Wildman–Crippen LogP) is 3.73. The van der Waals surface area contributed by atoms with Crippen molar-refractivity contribution < 1.29 is 9.53 Å². The van der Waals surface area contributed by atoms with Crippen molar-refractivity contribution in [3.63, 3.8) is 0 Å². The van der Waals surface area contributed by atoms with Crippen molar-refractivity contribution >= 4 is 17.7 Å². The predicted molar refractivity (Wildman–Crippen MR) is 127 cm³/mol. The van der Waals surface area contributed by atoms with E-state index in [4.69, 9.17) is 14.7 Å². The Kier molecular flexibility index (Phi) is 7.12. The third kappa shape index (κ3) is 5.50. The Balaban J connectivity index is 1.29. The summed E-state index contributed by atoms with van der Waals surface area (Å²) in [6.45, 7) is 1.80. The van der Waals surface area contributed by atoms with E-state index in [9.17, 15) is 4.79 Å². The van der Waals surface area contributed by atoms with Crippen molar-refractivity contribution in [3.05, 3.63) is 41.6 Å². The Hall–Kier alpha value is -2.83. The van der Waals surface area contributed by atoms with E-state index >= 15 is 0 Å². The van der Waals surface area contributed by atoms with E-state index in [0.717, 1.165) is 50.3 Å². The smallest absolute Gasteiger partial charge is 0.260 e. The number of para-hydroxylation sites is 1. The van der Waals surface area contributed by atoms with Crippen molar-refractivity contribution in [2.45, 2.75) is 76.5 Å². The molecular weight excluding hydrogens is 402 g/mol. The zero-order valence-electron chi connectivity index (χ0n) is 19.4. The van der Waals surface area contributed by atoms with Gasteiger partial charge < -0.3 is 20.3 Å². The normalized spacial score (nSPS) is 21.2. The maximum atomic E-state index is 12.5. The molecule has 1 unspecified atom stereocenters. The van der Waals surface area contributed by atoms with Gasteiger partial charge in [-0.3, -0.25) is 4.79 Å². The molecule has 7 heteroatoms. The number of amides is 1. The minimum Gasteiger partial charge on any atom is -0.481 e. The largest absolute Gasteiger partial charge is 0.481 e. The zero-order chi connectivity index (χ0) is 22.5. The highest BCUT2D eigenvalue weighted by molar-refractivity contribution is 5.81. The number of benzene rings is 1. The highest BCUT2D eigenvalue weighted by Crippen LogP contribution is 2.29. The van der Waals surface area contributed by atoms with Crippen molar-refractivity contribution in [2.24, 2.45) is 0 Å². The fourth-order valence-corrected chi connectivity index (χ4v) is 4.65. The number of ether oxygens (including phenoxy) is 1. The molecule has 1 amide bonds. The lowest BCUT2D eigenvalue weighted by Gasteiger charge is -2.31. The quantitative estimate of drug-likeness (QED) is 0.687. The van der Waals surface area contributed by atoms with Crippen LogP contribution in [0.25, 0.3) is 0 Å². The highest BCUT2D eigenvalue weighted by atomic mass is 16.5.